The predicted molar refractivity (Wildman–Crippen MR) is 131 cm³/mol. The number of aryl methyl sites for hydroxylation is 2. The van der Waals surface area contributed by atoms with Gasteiger partial charge in [-0.25, -0.2) is 0 Å². The lowest BCUT2D eigenvalue weighted by Crippen LogP contribution is -2.16. The monoisotopic (exact) mass is 490 g/mol. The Labute approximate surface area is 202 Å². The molecule has 9 heteroatoms. The minimum atomic E-state index is -0.448. The molecule has 1 amide bonds. The summed E-state index contributed by atoms with van der Waals surface area (Å²) in [6.45, 7) is 10.1. The molecule has 168 valence electrons. The van der Waals surface area contributed by atoms with Gasteiger partial charge in [-0.1, -0.05) is 53.2 Å². The van der Waals surface area contributed by atoms with Crippen LogP contribution in [0.3, 0.4) is 0 Å². The van der Waals surface area contributed by atoms with Crippen LogP contribution in [-0.2, 0) is 11.3 Å². The van der Waals surface area contributed by atoms with Gasteiger partial charge in [0.25, 0.3) is 0 Å². The van der Waals surface area contributed by atoms with Crippen molar-refractivity contribution in [1.82, 2.24) is 14.8 Å². The van der Waals surface area contributed by atoms with Crippen LogP contribution in [0.5, 0.6) is 5.75 Å². The molecule has 1 atom stereocenters. The number of rotatable bonds is 9. The highest BCUT2D eigenvalue weighted by molar-refractivity contribution is 7.99. The first-order valence-electron chi connectivity index (χ1n) is 9.94. The minimum absolute atomic E-state index is 0.117. The topological polar surface area (TPSA) is 69.0 Å². The third-order valence-corrected chi connectivity index (χ3v) is 6.13. The summed E-state index contributed by atoms with van der Waals surface area (Å²) < 4.78 is 7.85. The van der Waals surface area contributed by atoms with Crippen molar-refractivity contribution in [3.05, 3.63) is 76.0 Å². The lowest BCUT2D eigenvalue weighted by atomic mass is 10.1. The normalized spacial score (nSPS) is 11.8. The van der Waals surface area contributed by atoms with Crippen molar-refractivity contribution < 1.29 is 9.53 Å². The van der Waals surface area contributed by atoms with E-state index in [1.165, 1.54) is 11.8 Å². The number of allylic oxidation sites excluding steroid dienone is 1. The van der Waals surface area contributed by atoms with E-state index in [4.69, 9.17) is 27.9 Å². The molecule has 0 spiro atoms. The molecular formula is C23H24Cl2N4O2S. The number of aromatic nitrogens is 3. The fraction of sp³-hybridized carbons (Fsp3) is 0.261. The van der Waals surface area contributed by atoms with Crippen LogP contribution in [-0.4, -0.2) is 26.4 Å². The Morgan fingerprint density at radius 1 is 1.25 bits per heavy atom. The molecular weight excluding hydrogens is 467 g/mol. The number of hydrogen-bond acceptors (Lipinski definition) is 5. The number of ether oxygens (including phenoxy) is 1. The van der Waals surface area contributed by atoms with E-state index in [9.17, 15) is 4.79 Å². The lowest BCUT2D eigenvalue weighted by molar-refractivity contribution is -0.113. The third kappa shape index (κ3) is 6.06. The maximum absolute atomic E-state index is 12.5. The zero-order chi connectivity index (χ0) is 23.3. The van der Waals surface area contributed by atoms with Crippen molar-refractivity contribution >= 4 is 46.6 Å². The Hall–Kier alpha value is -2.48. The van der Waals surface area contributed by atoms with Gasteiger partial charge in [-0.15, -0.1) is 16.8 Å². The minimum Gasteiger partial charge on any atom is -0.481 e. The summed E-state index contributed by atoms with van der Waals surface area (Å²) in [4.78, 5) is 12.5. The van der Waals surface area contributed by atoms with E-state index in [0.717, 1.165) is 16.8 Å². The first-order valence-corrected chi connectivity index (χ1v) is 11.7. The molecule has 3 rings (SSSR count). The van der Waals surface area contributed by atoms with Gasteiger partial charge in [-0.05, 0) is 50.1 Å². The van der Waals surface area contributed by atoms with Crippen molar-refractivity contribution in [2.24, 2.45) is 0 Å². The highest BCUT2D eigenvalue weighted by Crippen LogP contribution is 2.32. The second-order valence-electron chi connectivity index (χ2n) is 7.23. The first kappa shape index (κ1) is 24.2. The quantitative estimate of drug-likeness (QED) is 0.283. The molecule has 0 aliphatic rings. The molecule has 0 saturated carbocycles. The number of carbonyl (C=O) groups is 1. The molecule has 1 N–H and O–H groups in total. The Kier molecular flexibility index (Phi) is 8.23. The second kappa shape index (κ2) is 10.9. The zero-order valence-corrected chi connectivity index (χ0v) is 20.4. The molecule has 1 heterocycles. The van der Waals surface area contributed by atoms with Gasteiger partial charge in [-0.2, -0.15) is 0 Å². The smallest absolute Gasteiger partial charge is 0.234 e. The number of nitrogens with zero attached hydrogens (tertiary/aromatic N) is 3. The molecule has 1 unspecified atom stereocenters. The molecule has 0 bridgehead atoms. The Morgan fingerprint density at radius 2 is 2.03 bits per heavy atom. The standard InChI is InChI=1S/C23H24Cl2N4O2S/c1-5-10-29-22(16(4)31-20-12-17(24)8-9-18(20)25)27-28-23(29)32-13-21(30)26-19-11-14(2)6-7-15(19)3/h5-9,11-12,16H,1,10,13H2,2-4H3,(H,26,30). The maximum atomic E-state index is 12.5. The zero-order valence-electron chi connectivity index (χ0n) is 18.1. The first-order chi connectivity index (χ1) is 15.3. The number of anilines is 1. The molecule has 0 aliphatic heterocycles. The van der Waals surface area contributed by atoms with Crippen LogP contribution < -0.4 is 10.1 Å². The van der Waals surface area contributed by atoms with Crippen LogP contribution in [0.4, 0.5) is 5.69 Å². The fourth-order valence-electron chi connectivity index (χ4n) is 3.01. The fourth-order valence-corrected chi connectivity index (χ4v) is 4.08. The van der Waals surface area contributed by atoms with Gasteiger partial charge >= 0.3 is 0 Å². The lowest BCUT2D eigenvalue weighted by Gasteiger charge is -2.16. The second-order valence-corrected chi connectivity index (χ2v) is 9.02. The highest BCUT2D eigenvalue weighted by atomic mass is 35.5. The number of thioether (sulfide) groups is 1. The number of amides is 1. The third-order valence-electron chi connectivity index (χ3n) is 4.62. The van der Waals surface area contributed by atoms with Gasteiger partial charge in [0.1, 0.15) is 5.75 Å². The molecule has 32 heavy (non-hydrogen) atoms. The average Bonchev–Trinajstić information content (AvgIpc) is 3.15. The number of carbonyl (C=O) groups excluding carboxylic acids is 1. The number of hydrogen-bond donors (Lipinski definition) is 1. The van der Waals surface area contributed by atoms with E-state index in [2.05, 4.69) is 22.1 Å². The molecule has 6 nitrogen and oxygen atoms in total. The van der Waals surface area contributed by atoms with Gasteiger partial charge in [-0.3, -0.25) is 9.36 Å². The molecule has 2 aromatic carbocycles. The summed E-state index contributed by atoms with van der Waals surface area (Å²) in [6.07, 6.45) is 1.29. The Morgan fingerprint density at radius 3 is 2.78 bits per heavy atom. The number of nitrogens with one attached hydrogen (secondary N) is 1. The van der Waals surface area contributed by atoms with Crippen LogP contribution in [0.1, 0.15) is 30.0 Å². The van der Waals surface area contributed by atoms with Crippen molar-refractivity contribution in [3.8, 4) is 5.75 Å². The van der Waals surface area contributed by atoms with Crippen LogP contribution in [0.2, 0.25) is 10.0 Å². The van der Waals surface area contributed by atoms with Crippen molar-refractivity contribution in [2.75, 3.05) is 11.1 Å². The predicted octanol–water partition coefficient (Wildman–Crippen LogP) is 6.26. The Bertz CT molecular complexity index is 1130. The van der Waals surface area contributed by atoms with Crippen molar-refractivity contribution in [1.29, 1.82) is 0 Å². The van der Waals surface area contributed by atoms with Gasteiger partial charge in [0, 0.05) is 23.3 Å². The van der Waals surface area contributed by atoms with E-state index < -0.39 is 6.10 Å². The van der Waals surface area contributed by atoms with Gasteiger partial charge < -0.3 is 10.1 Å². The summed E-state index contributed by atoms with van der Waals surface area (Å²) in [5, 5.41) is 13.1. The van der Waals surface area contributed by atoms with Crippen molar-refractivity contribution in [3.63, 3.8) is 0 Å². The van der Waals surface area contributed by atoms with Gasteiger partial charge in [0.2, 0.25) is 5.91 Å². The van der Waals surface area contributed by atoms with Crippen LogP contribution >= 0.6 is 35.0 Å². The molecule has 1 aromatic heterocycles. The van der Waals surface area contributed by atoms with E-state index in [1.54, 1.807) is 24.3 Å². The molecule has 0 fully saturated rings. The Balaban J connectivity index is 1.71. The summed E-state index contributed by atoms with van der Waals surface area (Å²) in [7, 11) is 0. The van der Waals surface area contributed by atoms with E-state index in [0.29, 0.717) is 33.3 Å². The summed E-state index contributed by atoms with van der Waals surface area (Å²) >= 11 is 13.6. The number of halogens is 2. The van der Waals surface area contributed by atoms with E-state index >= 15 is 0 Å². The van der Waals surface area contributed by atoms with Gasteiger partial charge in [0.15, 0.2) is 17.1 Å². The van der Waals surface area contributed by atoms with Crippen LogP contribution in [0.25, 0.3) is 0 Å². The molecule has 0 saturated heterocycles. The van der Waals surface area contributed by atoms with Crippen LogP contribution in [0.15, 0.2) is 54.2 Å². The summed E-state index contributed by atoms with van der Waals surface area (Å²) in [6, 6.07) is 11.0. The molecule has 3 aromatic rings. The largest absolute Gasteiger partial charge is 0.481 e. The average molecular weight is 491 g/mol. The SMILES string of the molecule is C=CCn1c(SCC(=O)Nc2cc(C)ccc2C)nnc1C(C)Oc1cc(Cl)ccc1Cl. The van der Waals surface area contributed by atoms with Crippen LogP contribution in [0, 0.1) is 13.8 Å². The summed E-state index contributed by atoms with van der Waals surface area (Å²) in [5.74, 6) is 1.13. The van der Waals surface area contributed by atoms with E-state index in [1.807, 2.05) is 43.5 Å². The highest BCUT2D eigenvalue weighted by Gasteiger charge is 2.21. The van der Waals surface area contributed by atoms with Crippen molar-refractivity contribution in [2.45, 2.75) is 38.6 Å². The summed E-state index contributed by atoms with van der Waals surface area (Å²) in [5.41, 5.74) is 2.91. The molecule has 0 radical (unpaired) electrons. The molecule has 0 aliphatic carbocycles. The van der Waals surface area contributed by atoms with E-state index in [-0.39, 0.29) is 11.7 Å². The maximum Gasteiger partial charge on any atom is 0.234 e. The number of benzene rings is 2. The van der Waals surface area contributed by atoms with Gasteiger partial charge in [0.05, 0.1) is 10.8 Å².